The van der Waals surface area contributed by atoms with Crippen molar-refractivity contribution in [2.24, 2.45) is 0 Å². The van der Waals surface area contributed by atoms with Crippen molar-refractivity contribution in [3.63, 3.8) is 0 Å². The number of benzene rings is 1. The van der Waals surface area contributed by atoms with Crippen molar-refractivity contribution >= 4 is 5.78 Å². The summed E-state index contributed by atoms with van der Waals surface area (Å²) < 4.78 is 10.9. The van der Waals surface area contributed by atoms with Crippen molar-refractivity contribution < 1.29 is 14.3 Å². The second-order valence-corrected chi connectivity index (χ2v) is 5.32. The van der Waals surface area contributed by atoms with E-state index in [1.54, 1.807) is 7.11 Å². The molecule has 0 amide bonds. The highest BCUT2D eigenvalue weighted by atomic mass is 16.5. The zero-order valence-electron chi connectivity index (χ0n) is 10.7. The number of ether oxygens (including phenoxy) is 2. The van der Waals surface area contributed by atoms with Crippen molar-refractivity contribution in [2.75, 3.05) is 7.11 Å². The zero-order valence-corrected chi connectivity index (χ0v) is 10.7. The summed E-state index contributed by atoms with van der Waals surface area (Å²) in [7, 11) is 1.71. The first kappa shape index (κ1) is 11.9. The molecule has 18 heavy (non-hydrogen) atoms. The fraction of sp³-hybridized carbons (Fsp3) is 0.533. The molecule has 1 aromatic carbocycles. The first-order valence-corrected chi connectivity index (χ1v) is 6.50. The van der Waals surface area contributed by atoms with Gasteiger partial charge in [0, 0.05) is 19.1 Å². The lowest BCUT2D eigenvalue weighted by atomic mass is 9.75. The minimum absolute atomic E-state index is 0.186. The molecule has 0 unspecified atom stereocenters. The number of ketones is 1. The van der Waals surface area contributed by atoms with Crippen LogP contribution in [0.15, 0.2) is 18.2 Å². The number of fused-ring (bicyclic) bond motifs is 1. The van der Waals surface area contributed by atoms with Gasteiger partial charge in [0.05, 0.1) is 18.8 Å². The molecule has 0 spiro atoms. The molecule has 1 heterocycles. The molecular formula is C15H18O3. The molecule has 0 atom stereocenters. The van der Waals surface area contributed by atoms with Crippen LogP contribution < -0.4 is 0 Å². The lowest BCUT2D eigenvalue weighted by Crippen LogP contribution is -2.41. The molecular weight excluding hydrogens is 228 g/mol. The minimum atomic E-state index is -0.188. The molecule has 96 valence electrons. The van der Waals surface area contributed by atoms with Gasteiger partial charge in [-0.3, -0.25) is 4.79 Å². The molecule has 0 saturated heterocycles. The van der Waals surface area contributed by atoms with Gasteiger partial charge in [0.25, 0.3) is 0 Å². The molecule has 1 saturated carbocycles. The molecule has 3 nitrogen and oxygen atoms in total. The first-order valence-electron chi connectivity index (χ1n) is 6.50. The van der Waals surface area contributed by atoms with E-state index in [2.05, 4.69) is 0 Å². The van der Waals surface area contributed by atoms with Gasteiger partial charge < -0.3 is 9.47 Å². The van der Waals surface area contributed by atoms with E-state index in [0.717, 1.165) is 24.0 Å². The average Bonchev–Trinajstić information content (AvgIpc) is 2.80. The van der Waals surface area contributed by atoms with Crippen molar-refractivity contribution in [1.29, 1.82) is 0 Å². The molecule has 0 aromatic heterocycles. The highest BCUT2D eigenvalue weighted by molar-refractivity contribution is 5.97. The van der Waals surface area contributed by atoms with Gasteiger partial charge in [-0.05, 0) is 36.5 Å². The fourth-order valence-electron chi connectivity index (χ4n) is 2.76. The fourth-order valence-corrected chi connectivity index (χ4v) is 2.76. The van der Waals surface area contributed by atoms with Gasteiger partial charge in [0.1, 0.15) is 0 Å². The SMILES string of the molecule is COC1(CC(=O)c2ccc3c(c2)COC3)CCC1. The van der Waals surface area contributed by atoms with Crippen LogP contribution in [0.5, 0.6) is 0 Å². The van der Waals surface area contributed by atoms with Crippen molar-refractivity contribution in [1.82, 2.24) is 0 Å². The van der Waals surface area contributed by atoms with E-state index in [4.69, 9.17) is 9.47 Å². The molecule has 0 N–H and O–H groups in total. The second-order valence-electron chi connectivity index (χ2n) is 5.32. The normalized spacial score (nSPS) is 20.3. The number of hydrogen-bond acceptors (Lipinski definition) is 3. The Bertz CT molecular complexity index is 469. The lowest BCUT2D eigenvalue weighted by Gasteiger charge is -2.40. The summed E-state index contributed by atoms with van der Waals surface area (Å²) in [5.41, 5.74) is 2.97. The van der Waals surface area contributed by atoms with E-state index in [0.29, 0.717) is 19.6 Å². The number of carbonyl (C=O) groups is 1. The van der Waals surface area contributed by atoms with Gasteiger partial charge in [-0.25, -0.2) is 0 Å². The standard InChI is InChI=1S/C15H18O3/c1-17-15(5-2-6-15)8-14(16)11-3-4-12-9-18-10-13(12)7-11/h3-4,7H,2,5-6,8-10H2,1H3. The predicted octanol–water partition coefficient (Wildman–Crippen LogP) is 2.86. The van der Waals surface area contributed by atoms with Gasteiger partial charge in [0.2, 0.25) is 0 Å². The van der Waals surface area contributed by atoms with Gasteiger partial charge in [-0.15, -0.1) is 0 Å². The van der Waals surface area contributed by atoms with E-state index < -0.39 is 0 Å². The number of methoxy groups -OCH3 is 1. The summed E-state index contributed by atoms with van der Waals surface area (Å²) in [6.45, 7) is 1.30. The topological polar surface area (TPSA) is 35.5 Å². The Morgan fingerprint density at radius 3 is 2.78 bits per heavy atom. The van der Waals surface area contributed by atoms with Crippen LogP contribution in [0.25, 0.3) is 0 Å². The van der Waals surface area contributed by atoms with E-state index in [1.165, 1.54) is 12.0 Å². The monoisotopic (exact) mass is 246 g/mol. The van der Waals surface area contributed by atoms with Crippen molar-refractivity contribution in [3.05, 3.63) is 34.9 Å². The van der Waals surface area contributed by atoms with E-state index in [-0.39, 0.29) is 11.4 Å². The van der Waals surface area contributed by atoms with Crippen molar-refractivity contribution in [3.8, 4) is 0 Å². The van der Waals surface area contributed by atoms with Gasteiger partial charge >= 0.3 is 0 Å². The summed E-state index contributed by atoms with van der Waals surface area (Å²) >= 11 is 0. The van der Waals surface area contributed by atoms with E-state index in [9.17, 15) is 4.79 Å². The summed E-state index contributed by atoms with van der Waals surface area (Å²) in [4.78, 5) is 12.3. The molecule has 3 rings (SSSR count). The number of Topliss-reactive ketones (excluding diaryl/α,β-unsaturated/α-hetero) is 1. The summed E-state index contributed by atoms with van der Waals surface area (Å²) in [5.74, 6) is 0.186. The molecule has 0 bridgehead atoms. The molecule has 1 aromatic rings. The van der Waals surface area contributed by atoms with Gasteiger partial charge in [-0.2, -0.15) is 0 Å². The lowest BCUT2D eigenvalue weighted by molar-refractivity contribution is -0.0704. The van der Waals surface area contributed by atoms with Gasteiger partial charge in [-0.1, -0.05) is 12.1 Å². The Labute approximate surface area is 107 Å². The summed E-state index contributed by atoms with van der Waals surface area (Å²) in [6, 6.07) is 5.90. The van der Waals surface area contributed by atoms with Crippen LogP contribution in [0.4, 0.5) is 0 Å². The summed E-state index contributed by atoms with van der Waals surface area (Å²) in [5, 5.41) is 0. The van der Waals surface area contributed by atoms with Gasteiger partial charge in [0.15, 0.2) is 5.78 Å². The molecule has 1 aliphatic heterocycles. The van der Waals surface area contributed by atoms with Crippen LogP contribution in [-0.4, -0.2) is 18.5 Å². The largest absolute Gasteiger partial charge is 0.378 e. The van der Waals surface area contributed by atoms with Crippen LogP contribution in [0, 0.1) is 0 Å². The molecule has 1 fully saturated rings. The maximum Gasteiger partial charge on any atom is 0.165 e. The van der Waals surface area contributed by atoms with Crippen LogP contribution in [0.3, 0.4) is 0 Å². The second kappa shape index (κ2) is 4.48. The summed E-state index contributed by atoms with van der Waals surface area (Å²) in [6.07, 6.45) is 3.68. The van der Waals surface area contributed by atoms with Crippen LogP contribution in [-0.2, 0) is 22.7 Å². The van der Waals surface area contributed by atoms with E-state index >= 15 is 0 Å². The Kier molecular flexibility index (Phi) is 2.96. The van der Waals surface area contributed by atoms with Crippen LogP contribution >= 0.6 is 0 Å². The number of carbonyl (C=O) groups excluding carboxylic acids is 1. The predicted molar refractivity (Wildman–Crippen MR) is 67.5 cm³/mol. The third-order valence-corrected chi connectivity index (χ3v) is 4.22. The minimum Gasteiger partial charge on any atom is -0.378 e. The smallest absolute Gasteiger partial charge is 0.165 e. The highest BCUT2D eigenvalue weighted by Crippen LogP contribution is 2.39. The maximum absolute atomic E-state index is 12.3. The first-order chi connectivity index (χ1) is 8.72. The molecule has 1 aliphatic carbocycles. The Morgan fingerprint density at radius 2 is 2.11 bits per heavy atom. The third-order valence-electron chi connectivity index (χ3n) is 4.22. The number of hydrogen-bond donors (Lipinski definition) is 0. The highest BCUT2D eigenvalue weighted by Gasteiger charge is 2.39. The Balaban J connectivity index is 1.76. The van der Waals surface area contributed by atoms with Crippen molar-refractivity contribution in [2.45, 2.75) is 44.5 Å². The molecule has 3 heteroatoms. The zero-order chi connectivity index (χ0) is 12.6. The van der Waals surface area contributed by atoms with E-state index in [1.807, 2.05) is 18.2 Å². The van der Waals surface area contributed by atoms with Crippen LogP contribution in [0.1, 0.15) is 47.2 Å². The average molecular weight is 246 g/mol. The Morgan fingerprint density at radius 1 is 1.33 bits per heavy atom. The maximum atomic E-state index is 12.3. The Hall–Kier alpha value is -1.19. The molecule has 0 radical (unpaired) electrons. The quantitative estimate of drug-likeness (QED) is 0.766. The molecule has 2 aliphatic rings. The number of rotatable bonds is 4. The van der Waals surface area contributed by atoms with Crippen LogP contribution in [0.2, 0.25) is 0 Å². The third kappa shape index (κ3) is 1.98.